The van der Waals surface area contributed by atoms with Crippen LogP contribution in [0.25, 0.3) is 16.9 Å². The molecule has 1 unspecified atom stereocenters. The Labute approximate surface area is 165 Å². The van der Waals surface area contributed by atoms with Gasteiger partial charge in [0, 0.05) is 18.3 Å². The highest BCUT2D eigenvalue weighted by Crippen LogP contribution is 2.27. The van der Waals surface area contributed by atoms with E-state index < -0.39 is 0 Å². The molecule has 146 valence electrons. The molecule has 0 bridgehead atoms. The van der Waals surface area contributed by atoms with Crippen LogP contribution in [0.15, 0.2) is 54.7 Å². The third-order valence-electron chi connectivity index (χ3n) is 4.61. The van der Waals surface area contributed by atoms with Crippen molar-refractivity contribution in [2.75, 3.05) is 20.2 Å². The highest BCUT2D eigenvalue weighted by molar-refractivity contribution is 6.00. The summed E-state index contributed by atoms with van der Waals surface area (Å²) in [6.07, 6.45) is 1.77. The van der Waals surface area contributed by atoms with Crippen LogP contribution < -0.4 is 15.8 Å². The van der Waals surface area contributed by atoms with Gasteiger partial charge < -0.3 is 15.8 Å². The van der Waals surface area contributed by atoms with E-state index in [9.17, 15) is 4.79 Å². The largest absolute Gasteiger partial charge is 0.497 e. The Morgan fingerprint density at radius 1 is 1.25 bits per heavy atom. The molecule has 6 heteroatoms. The maximum absolute atomic E-state index is 12.9. The van der Waals surface area contributed by atoms with Crippen LogP contribution in [0.1, 0.15) is 22.8 Å². The maximum atomic E-state index is 12.9. The summed E-state index contributed by atoms with van der Waals surface area (Å²) in [7, 11) is 1.62. The van der Waals surface area contributed by atoms with Crippen LogP contribution in [0.5, 0.6) is 5.75 Å². The first-order valence-electron chi connectivity index (χ1n) is 9.31. The van der Waals surface area contributed by atoms with Gasteiger partial charge >= 0.3 is 0 Å². The van der Waals surface area contributed by atoms with E-state index in [1.807, 2.05) is 62.4 Å². The number of carbonyl (C=O) groups excluding carboxylic acids is 1. The molecule has 0 aliphatic heterocycles. The lowest BCUT2D eigenvalue weighted by Gasteiger charge is -2.10. The van der Waals surface area contributed by atoms with Crippen molar-refractivity contribution in [1.82, 2.24) is 15.1 Å². The molecule has 0 aliphatic carbocycles. The number of benzene rings is 2. The van der Waals surface area contributed by atoms with Crippen LogP contribution in [0, 0.1) is 12.8 Å². The molecule has 28 heavy (non-hydrogen) atoms. The number of amides is 1. The van der Waals surface area contributed by atoms with E-state index in [1.165, 1.54) is 0 Å². The fourth-order valence-electron chi connectivity index (χ4n) is 2.80. The summed E-state index contributed by atoms with van der Waals surface area (Å²) in [5, 5.41) is 7.66. The van der Waals surface area contributed by atoms with Crippen molar-refractivity contribution < 1.29 is 9.53 Å². The van der Waals surface area contributed by atoms with Gasteiger partial charge in [0.25, 0.3) is 5.91 Å². The summed E-state index contributed by atoms with van der Waals surface area (Å²) >= 11 is 0. The Balaban J connectivity index is 2.02. The molecule has 0 spiro atoms. The number of methoxy groups -OCH3 is 1. The minimum atomic E-state index is -0.170. The molecule has 3 rings (SSSR count). The lowest BCUT2D eigenvalue weighted by molar-refractivity contribution is 0.0949. The van der Waals surface area contributed by atoms with Crippen molar-refractivity contribution in [3.8, 4) is 22.7 Å². The average molecular weight is 378 g/mol. The number of rotatable bonds is 7. The van der Waals surface area contributed by atoms with Crippen molar-refractivity contribution in [3.05, 3.63) is 65.9 Å². The summed E-state index contributed by atoms with van der Waals surface area (Å²) in [6, 6.07) is 15.5. The van der Waals surface area contributed by atoms with Gasteiger partial charge in [-0.1, -0.05) is 36.8 Å². The Bertz CT molecular complexity index is 947. The SMILES string of the molecule is COc1cccc(-c2nn(-c3ccc(C)cc3)cc2C(=O)NCC(C)CN)c1. The van der Waals surface area contributed by atoms with E-state index in [0.29, 0.717) is 30.1 Å². The second kappa shape index (κ2) is 8.71. The Kier molecular flexibility index (Phi) is 6.11. The Morgan fingerprint density at radius 3 is 2.68 bits per heavy atom. The van der Waals surface area contributed by atoms with Gasteiger partial charge in [0.1, 0.15) is 11.4 Å². The van der Waals surface area contributed by atoms with E-state index in [2.05, 4.69) is 5.32 Å². The van der Waals surface area contributed by atoms with Crippen LogP contribution in [-0.2, 0) is 0 Å². The molecule has 0 saturated carbocycles. The summed E-state index contributed by atoms with van der Waals surface area (Å²) < 4.78 is 7.06. The van der Waals surface area contributed by atoms with Gasteiger partial charge in [0.15, 0.2) is 0 Å². The summed E-state index contributed by atoms with van der Waals surface area (Å²) in [4.78, 5) is 12.9. The van der Waals surface area contributed by atoms with Crippen LogP contribution >= 0.6 is 0 Å². The number of hydrogen-bond acceptors (Lipinski definition) is 4. The fraction of sp³-hybridized carbons (Fsp3) is 0.273. The van der Waals surface area contributed by atoms with Crippen LogP contribution in [0.3, 0.4) is 0 Å². The van der Waals surface area contributed by atoms with Crippen molar-refractivity contribution in [2.45, 2.75) is 13.8 Å². The van der Waals surface area contributed by atoms with Gasteiger partial charge in [0.2, 0.25) is 0 Å². The number of aryl methyl sites for hydroxylation is 1. The zero-order valence-corrected chi connectivity index (χ0v) is 16.5. The standard InChI is InChI=1S/C22H26N4O2/c1-15-7-9-18(10-8-15)26-14-20(22(27)24-13-16(2)12-23)21(25-26)17-5-4-6-19(11-17)28-3/h4-11,14,16H,12-13,23H2,1-3H3,(H,24,27). The monoisotopic (exact) mass is 378 g/mol. The first-order chi connectivity index (χ1) is 13.5. The lowest BCUT2D eigenvalue weighted by Crippen LogP contribution is -2.31. The number of nitrogens with zero attached hydrogens (tertiary/aromatic N) is 2. The Hall–Kier alpha value is -3.12. The van der Waals surface area contributed by atoms with E-state index in [0.717, 1.165) is 16.8 Å². The van der Waals surface area contributed by atoms with Crippen LogP contribution in [0.2, 0.25) is 0 Å². The highest BCUT2D eigenvalue weighted by Gasteiger charge is 2.19. The molecule has 1 amide bonds. The molecule has 1 heterocycles. The first kappa shape index (κ1) is 19.6. The molecule has 0 saturated heterocycles. The fourth-order valence-corrected chi connectivity index (χ4v) is 2.80. The first-order valence-corrected chi connectivity index (χ1v) is 9.31. The zero-order chi connectivity index (χ0) is 20.1. The smallest absolute Gasteiger partial charge is 0.255 e. The number of ether oxygens (including phenoxy) is 1. The predicted octanol–water partition coefficient (Wildman–Crippen LogP) is 3.18. The lowest BCUT2D eigenvalue weighted by atomic mass is 10.1. The third kappa shape index (κ3) is 4.40. The van der Waals surface area contributed by atoms with Crippen molar-refractivity contribution in [3.63, 3.8) is 0 Å². The van der Waals surface area contributed by atoms with E-state index in [-0.39, 0.29) is 11.8 Å². The topological polar surface area (TPSA) is 82.2 Å². The number of aromatic nitrogens is 2. The summed E-state index contributed by atoms with van der Waals surface area (Å²) in [5.41, 5.74) is 9.66. The second-order valence-electron chi connectivity index (χ2n) is 6.95. The predicted molar refractivity (Wildman–Crippen MR) is 111 cm³/mol. The quantitative estimate of drug-likeness (QED) is 0.661. The van der Waals surface area contributed by atoms with Gasteiger partial charge in [-0.3, -0.25) is 4.79 Å². The van der Waals surface area contributed by atoms with Crippen LogP contribution in [0.4, 0.5) is 0 Å². The molecule has 3 N–H and O–H groups in total. The number of carbonyl (C=O) groups is 1. The Morgan fingerprint density at radius 2 is 2.00 bits per heavy atom. The second-order valence-corrected chi connectivity index (χ2v) is 6.95. The average Bonchev–Trinajstić information content (AvgIpc) is 3.17. The van der Waals surface area contributed by atoms with E-state index >= 15 is 0 Å². The number of hydrogen-bond donors (Lipinski definition) is 2. The third-order valence-corrected chi connectivity index (χ3v) is 4.61. The molecule has 0 aliphatic rings. The van der Waals surface area contributed by atoms with Gasteiger partial charge in [-0.25, -0.2) is 4.68 Å². The molecule has 3 aromatic rings. The van der Waals surface area contributed by atoms with Crippen molar-refractivity contribution in [1.29, 1.82) is 0 Å². The minimum Gasteiger partial charge on any atom is -0.497 e. The van der Waals surface area contributed by atoms with E-state index in [1.54, 1.807) is 18.0 Å². The number of nitrogens with two attached hydrogens (primary N) is 1. The minimum absolute atomic E-state index is 0.170. The number of nitrogens with one attached hydrogen (secondary N) is 1. The molecular formula is C22H26N4O2. The maximum Gasteiger partial charge on any atom is 0.255 e. The van der Waals surface area contributed by atoms with Gasteiger partial charge in [0.05, 0.1) is 18.4 Å². The molecular weight excluding hydrogens is 352 g/mol. The van der Waals surface area contributed by atoms with Crippen LogP contribution in [-0.4, -0.2) is 35.9 Å². The highest BCUT2D eigenvalue weighted by atomic mass is 16.5. The van der Waals surface area contributed by atoms with Gasteiger partial charge in [-0.15, -0.1) is 0 Å². The van der Waals surface area contributed by atoms with Crippen molar-refractivity contribution in [2.24, 2.45) is 11.7 Å². The zero-order valence-electron chi connectivity index (χ0n) is 16.5. The molecule has 2 aromatic carbocycles. The van der Waals surface area contributed by atoms with E-state index in [4.69, 9.17) is 15.6 Å². The summed E-state index contributed by atoms with van der Waals surface area (Å²) in [6.45, 7) is 5.07. The normalized spacial score (nSPS) is 11.9. The molecule has 1 aromatic heterocycles. The molecule has 6 nitrogen and oxygen atoms in total. The van der Waals surface area contributed by atoms with Gasteiger partial charge in [-0.05, 0) is 43.7 Å². The molecule has 0 radical (unpaired) electrons. The molecule has 1 atom stereocenters. The molecule has 0 fully saturated rings. The van der Waals surface area contributed by atoms with Crippen molar-refractivity contribution >= 4 is 5.91 Å². The summed E-state index contributed by atoms with van der Waals surface area (Å²) in [5.74, 6) is 0.748. The van der Waals surface area contributed by atoms with Gasteiger partial charge in [-0.2, -0.15) is 5.10 Å².